The van der Waals surface area contributed by atoms with E-state index in [0.29, 0.717) is 24.6 Å². The number of hydrogen-bond donors (Lipinski definition) is 2. The Labute approximate surface area is 224 Å². The van der Waals surface area contributed by atoms with Crippen LogP contribution in [0.15, 0.2) is 43.2 Å². The molecular weight excluding hydrogens is 512 g/mol. The molecule has 1 saturated heterocycles. The third-order valence-electron chi connectivity index (χ3n) is 6.05. The molecule has 0 atom stereocenters. The molecule has 2 heterocycles. The quantitative estimate of drug-likeness (QED) is 0.362. The summed E-state index contributed by atoms with van der Waals surface area (Å²) in [6.45, 7) is 7.71. The molecule has 39 heavy (non-hydrogen) atoms. The van der Waals surface area contributed by atoms with Crippen molar-refractivity contribution in [2.45, 2.75) is 13.5 Å². The van der Waals surface area contributed by atoms with E-state index in [0.717, 1.165) is 30.4 Å². The number of aryl methyl sites for hydroxylation is 1. The van der Waals surface area contributed by atoms with Crippen molar-refractivity contribution in [3.05, 3.63) is 66.0 Å². The summed E-state index contributed by atoms with van der Waals surface area (Å²) in [6.07, 6.45) is 3.91. The molecule has 1 aliphatic rings. The van der Waals surface area contributed by atoms with Crippen molar-refractivity contribution in [2.75, 3.05) is 56.1 Å². The van der Waals surface area contributed by atoms with Crippen LogP contribution in [0.4, 0.5) is 31.8 Å². The van der Waals surface area contributed by atoms with Crippen LogP contribution in [0.2, 0.25) is 0 Å². The zero-order valence-electron chi connectivity index (χ0n) is 21.8. The number of amides is 1. The van der Waals surface area contributed by atoms with Crippen LogP contribution < -0.4 is 29.7 Å². The normalized spacial score (nSPS) is 13.0. The summed E-state index contributed by atoms with van der Waals surface area (Å²) in [5.41, 5.74) is 2.57. The molecule has 1 amide bonds. The molecule has 0 aliphatic carbocycles. The Morgan fingerprint density at radius 3 is 2.33 bits per heavy atom. The molecule has 1 fully saturated rings. The molecular formula is C27H29F2N5O5. The smallest absolute Gasteiger partial charge is 0.247 e. The Morgan fingerprint density at radius 1 is 1.10 bits per heavy atom. The number of carbonyl (C=O) groups excluding carboxylic acids is 1. The predicted molar refractivity (Wildman–Crippen MR) is 142 cm³/mol. The molecule has 0 unspecified atom stereocenters. The van der Waals surface area contributed by atoms with Gasteiger partial charge in [0.1, 0.15) is 6.61 Å². The van der Waals surface area contributed by atoms with Gasteiger partial charge in [0.25, 0.3) is 0 Å². The number of rotatable bonds is 10. The van der Waals surface area contributed by atoms with Crippen molar-refractivity contribution in [1.82, 2.24) is 9.97 Å². The minimum atomic E-state index is -0.889. The second-order valence-electron chi connectivity index (χ2n) is 8.52. The number of benzene rings is 2. The van der Waals surface area contributed by atoms with Gasteiger partial charge in [-0.15, -0.1) is 0 Å². The summed E-state index contributed by atoms with van der Waals surface area (Å²) in [5.74, 6) is -2.08. The van der Waals surface area contributed by atoms with Crippen LogP contribution in [0, 0.1) is 18.6 Å². The van der Waals surface area contributed by atoms with Gasteiger partial charge in [-0.05, 0) is 30.7 Å². The Balaban J connectivity index is 1.52. The van der Waals surface area contributed by atoms with Gasteiger partial charge < -0.3 is 34.5 Å². The first-order valence-corrected chi connectivity index (χ1v) is 12.1. The van der Waals surface area contributed by atoms with E-state index >= 15 is 0 Å². The lowest BCUT2D eigenvalue weighted by molar-refractivity contribution is -0.111. The molecule has 0 saturated carbocycles. The van der Waals surface area contributed by atoms with E-state index in [9.17, 15) is 13.6 Å². The number of nitrogens with zero attached hydrogens (tertiary/aromatic N) is 3. The molecule has 3 aromatic rings. The fourth-order valence-corrected chi connectivity index (χ4v) is 4.01. The summed E-state index contributed by atoms with van der Waals surface area (Å²) in [6, 6.07) is 4.99. The van der Waals surface area contributed by atoms with Crippen LogP contribution in [0.3, 0.4) is 0 Å². The number of morpholine rings is 1. The van der Waals surface area contributed by atoms with E-state index in [4.69, 9.17) is 18.9 Å². The molecule has 10 nitrogen and oxygen atoms in total. The van der Waals surface area contributed by atoms with E-state index in [1.165, 1.54) is 32.7 Å². The van der Waals surface area contributed by atoms with Crippen molar-refractivity contribution in [2.24, 2.45) is 0 Å². The van der Waals surface area contributed by atoms with Crippen LogP contribution >= 0.6 is 0 Å². The van der Waals surface area contributed by atoms with Gasteiger partial charge in [0.15, 0.2) is 28.9 Å². The third-order valence-corrected chi connectivity index (χ3v) is 6.05. The van der Waals surface area contributed by atoms with Crippen molar-refractivity contribution in [1.29, 1.82) is 0 Å². The van der Waals surface area contributed by atoms with Crippen LogP contribution in [-0.4, -0.2) is 56.4 Å². The van der Waals surface area contributed by atoms with Crippen LogP contribution in [0.1, 0.15) is 11.1 Å². The van der Waals surface area contributed by atoms with E-state index in [2.05, 4.69) is 32.1 Å². The highest BCUT2D eigenvalue weighted by molar-refractivity contribution is 6.02. The fourth-order valence-electron chi connectivity index (χ4n) is 4.01. The number of halogens is 2. The van der Waals surface area contributed by atoms with Gasteiger partial charge >= 0.3 is 0 Å². The third kappa shape index (κ3) is 6.34. The van der Waals surface area contributed by atoms with Gasteiger partial charge in [-0.1, -0.05) is 6.58 Å². The molecule has 1 aromatic heterocycles. The van der Waals surface area contributed by atoms with Gasteiger partial charge in [-0.25, -0.2) is 18.7 Å². The van der Waals surface area contributed by atoms with E-state index in [1.807, 2.05) is 19.1 Å². The standard InChI is InChI=1S/C27H29F2N5O5/c1-5-23(35)32-20-11-17(34-6-8-38-9-7-34)10-16(2)26(20)33-27-30-13-18(14-31-27)39-15-19-24(28)21(36-3)12-22(37-4)25(19)29/h5,10-14H,1,6-9,15H2,2-4H3,(H,32,35)(H,30,31,33). The van der Waals surface area contributed by atoms with Crippen molar-refractivity contribution < 1.29 is 32.5 Å². The molecule has 2 N–H and O–H groups in total. The Hall–Kier alpha value is -4.45. The minimum Gasteiger partial charge on any atom is -0.494 e. The highest BCUT2D eigenvalue weighted by atomic mass is 19.1. The lowest BCUT2D eigenvalue weighted by Gasteiger charge is -2.30. The van der Waals surface area contributed by atoms with Crippen molar-refractivity contribution in [3.8, 4) is 17.2 Å². The molecule has 12 heteroatoms. The van der Waals surface area contributed by atoms with Gasteiger partial charge in [0.05, 0.1) is 56.8 Å². The number of hydrogen-bond acceptors (Lipinski definition) is 9. The van der Waals surface area contributed by atoms with Crippen LogP contribution in [0.25, 0.3) is 0 Å². The van der Waals surface area contributed by atoms with Crippen LogP contribution in [0.5, 0.6) is 17.2 Å². The Bertz CT molecular complexity index is 1320. The second kappa shape index (κ2) is 12.4. The number of anilines is 4. The number of ether oxygens (including phenoxy) is 4. The number of methoxy groups -OCH3 is 2. The summed E-state index contributed by atoms with van der Waals surface area (Å²) in [7, 11) is 2.54. The lowest BCUT2D eigenvalue weighted by Crippen LogP contribution is -2.36. The van der Waals surface area contributed by atoms with Crippen molar-refractivity contribution >= 4 is 28.9 Å². The Kier molecular flexibility index (Phi) is 8.77. The van der Waals surface area contributed by atoms with Gasteiger partial charge in [0, 0.05) is 24.8 Å². The summed E-state index contributed by atoms with van der Waals surface area (Å²) < 4.78 is 50.1. The van der Waals surface area contributed by atoms with Crippen LogP contribution in [-0.2, 0) is 16.1 Å². The maximum atomic E-state index is 14.6. The van der Waals surface area contributed by atoms with Gasteiger partial charge in [0.2, 0.25) is 11.9 Å². The molecule has 4 rings (SSSR count). The molecule has 0 radical (unpaired) electrons. The van der Waals surface area contributed by atoms with E-state index in [-0.39, 0.29) is 34.7 Å². The van der Waals surface area contributed by atoms with Crippen molar-refractivity contribution in [3.63, 3.8) is 0 Å². The molecule has 0 bridgehead atoms. The monoisotopic (exact) mass is 541 g/mol. The molecule has 2 aromatic carbocycles. The molecule has 0 spiro atoms. The molecule has 1 aliphatic heterocycles. The topological polar surface area (TPSA) is 107 Å². The second-order valence-corrected chi connectivity index (χ2v) is 8.52. The average molecular weight is 542 g/mol. The first-order chi connectivity index (χ1) is 18.8. The van der Waals surface area contributed by atoms with E-state index in [1.54, 1.807) is 0 Å². The lowest BCUT2D eigenvalue weighted by atomic mass is 10.1. The SMILES string of the molecule is C=CC(=O)Nc1cc(N2CCOCC2)cc(C)c1Nc1ncc(OCc2c(F)c(OC)cc(OC)c2F)cn1. The van der Waals surface area contributed by atoms with E-state index < -0.39 is 18.2 Å². The minimum absolute atomic E-state index is 0.169. The Morgan fingerprint density at radius 2 is 1.74 bits per heavy atom. The summed E-state index contributed by atoms with van der Waals surface area (Å²) in [4.78, 5) is 22.8. The number of aromatic nitrogens is 2. The fraction of sp³-hybridized carbons (Fsp3) is 0.296. The summed E-state index contributed by atoms with van der Waals surface area (Å²) >= 11 is 0. The number of carbonyl (C=O) groups is 1. The highest BCUT2D eigenvalue weighted by Gasteiger charge is 2.21. The maximum absolute atomic E-state index is 14.6. The first kappa shape index (κ1) is 27.6. The van der Waals surface area contributed by atoms with Gasteiger partial charge in [-0.2, -0.15) is 0 Å². The summed E-state index contributed by atoms with van der Waals surface area (Å²) in [5, 5.41) is 5.96. The highest BCUT2D eigenvalue weighted by Crippen LogP contribution is 2.35. The predicted octanol–water partition coefficient (Wildman–Crippen LogP) is 4.36. The first-order valence-electron chi connectivity index (χ1n) is 12.1. The maximum Gasteiger partial charge on any atom is 0.247 e. The van der Waals surface area contributed by atoms with Gasteiger partial charge in [-0.3, -0.25) is 4.79 Å². The number of nitrogens with one attached hydrogen (secondary N) is 2. The molecule has 206 valence electrons. The zero-order valence-corrected chi connectivity index (χ0v) is 21.8. The average Bonchev–Trinajstić information content (AvgIpc) is 2.96. The largest absolute Gasteiger partial charge is 0.494 e. The zero-order chi connectivity index (χ0) is 27.9.